The molecule has 3 heterocycles. The third kappa shape index (κ3) is 3.93. The van der Waals surface area contributed by atoms with E-state index in [2.05, 4.69) is 25.1 Å². The minimum absolute atomic E-state index is 0.00902. The van der Waals surface area contributed by atoms with Crippen molar-refractivity contribution in [1.29, 1.82) is 0 Å². The van der Waals surface area contributed by atoms with Crippen LogP contribution in [-0.2, 0) is 4.79 Å². The van der Waals surface area contributed by atoms with Gasteiger partial charge in [-0.2, -0.15) is 0 Å². The van der Waals surface area contributed by atoms with Crippen LogP contribution in [0.3, 0.4) is 0 Å². The molecule has 2 aromatic rings. The standard InChI is InChI=1S/C21H26FN5O/c1-15-12-17(4-5-18(15)22)25-21(28)16-6-10-26(11-7-16)19-13-23-14-24-20(19)27-8-2-3-9-27/h4-5,12-14,16H,2-3,6-11H2,1H3,(H,25,28). The fourth-order valence-electron chi connectivity index (χ4n) is 4.06. The molecule has 2 aliphatic rings. The molecule has 0 unspecified atom stereocenters. The maximum absolute atomic E-state index is 13.4. The molecule has 4 rings (SSSR count). The minimum Gasteiger partial charge on any atom is -0.367 e. The number of hydrogen-bond donors (Lipinski definition) is 1. The minimum atomic E-state index is -0.259. The zero-order valence-corrected chi connectivity index (χ0v) is 16.2. The second-order valence-electron chi connectivity index (χ2n) is 7.64. The molecule has 28 heavy (non-hydrogen) atoms. The normalized spacial score (nSPS) is 17.8. The lowest BCUT2D eigenvalue weighted by atomic mass is 9.95. The maximum atomic E-state index is 13.4. The quantitative estimate of drug-likeness (QED) is 0.877. The predicted molar refractivity (Wildman–Crippen MR) is 108 cm³/mol. The van der Waals surface area contributed by atoms with Crippen LogP contribution in [0.2, 0.25) is 0 Å². The van der Waals surface area contributed by atoms with E-state index in [0.29, 0.717) is 11.3 Å². The second-order valence-corrected chi connectivity index (χ2v) is 7.64. The largest absolute Gasteiger partial charge is 0.367 e. The summed E-state index contributed by atoms with van der Waals surface area (Å²) in [6.45, 7) is 5.38. The zero-order valence-electron chi connectivity index (χ0n) is 16.2. The Labute approximate surface area is 164 Å². The number of piperidine rings is 1. The molecule has 7 heteroatoms. The van der Waals surface area contributed by atoms with Crippen LogP contribution in [0.25, 0.3) is 0 Å². The molecule has 0 atom stereocenters. The van der Waals surface area contributed by atoms with E-state index in [-0.39, 0.29) is 17.6 Å². The summed E-state index contributed by atoms with van der Waals surface area (Å²) in [5.41, 5.74) is 2.25. The Hall–Kier alpha value is -2.70. The first-order chi connectivity index (χ1) is 13.6. The summed E-state index contributed by atoms with van der Waals surface area (Å²) in [7, 11) is 0. The molecule has 0 radical (unpaired) electrons. The van der Waals surface area contributed by atoms with Gasteiger partial charge in [0.05, 0.1) is 11.9 Å². The first-order valence-corrected chi connectivity index (χ1v) is 9.99. The number of aromatic nitrogens is 2. The first-order valence-electron chi connectivity index (χ1n) is 9.99. The first kappa shape index (κ1) is 18.7. The van der Waals surface area contributed by atoms with Gasteiger partial charge >= 0.3 is 0 Å². The molecule has 1 aromatic carbocycles. The average molecular weight is 383 g/mol. The van der Waals surface area contributed by atoms with Gasteiger partial charge in [0.15, 0.2) is 5.82 Å². The van der Waals surface area contributed by atoms with Crippen LogP contribution in [0, 0.1) is 18.7 Å². The molecule has 148 valence electrons. The summed E-state index contributed by atoms with van der Waals surface area (Å²) in [6.07, 6.45) is 7.47. The SMILES string of the molecule is Cc1cc(NC(=O)C2CCN(c3cncnc3N3CCCC3)CC2)ccc1F. The molecule has 1 aromatic heterocycles. The van der Waals surface area contributed by atoms with Crippen molar-refractivity contribution in [2.24, 2.45) is 5.92 Å². The number of carbonyl (C=O) groups excluding carboxylic acids is 1. The lowest BCUT2D eigenvalue weighted by molar-refractivity contribution is -0.120. The van der Waals surface area contributed by atoms with Crippen LogP contribution < -0.4 is 15.1 Å². The summed E-state index contributed by atoms with van der Waals surface area (Å²) in [5, 5.41) is 2.93. The molecule has 0 saturated carbocycles. The monoisotopic (exact) mass is 383 g/mol. The van der Waals surface area contributed by atoms with E-state index in [9.17, 15) is 9.18 Å². The van der Waals surface area contributed by atoms with Gasteiger partial charge in [-0.1, -0.05) is 0 Å². The van der Waals surface area contributed by atoms with Gasteiger partial charge in [-0.05, 0) is 56.4 Å². The van der Waals surface area contributed by atoms with Crippen molar-refractivity contribution in [1.82, 2.24) is 9.97 Å². The second kappa shape index (κ2) is 8.12. The lowest BCUT2D eigenvalue weighted by Crippen LogP contribution is -2.39. The van der Waals surface area contributed by atoms with Gasteiger partial charge in [-0.15, -0.1) is 0 Å². The molecule has 0 bridgehead atoms. The van der Waals surface area contributed by atoms with Crippen molar-refractivity contribution in [3.63, 3.8) is 0 Å². The number of amides is 1. The molecular formula is C21H26FN5O. The third-order valence-corrected chi connectivity index (χ3v) is 5.71. The van der Waals surface area contributed by atoms with Crippen LogP contribution in [-0.4, -0.2) is 42.1 Å². The highest BCUT2D eigenvalue weighted by atomic mass is 19.1. The number of halogens is 1. The van der Waals surface area contributed by atoms with Gasteiger partial charge < -0.3 is 15.1 Å². The maximum Gasteiger partial charge on any atom is 0.227 e. The van der Waals surface area contributed by atoms with Crippen molar-refractivity contribution in [2.45, 2.75) is 32.6 Å². The van der Waals surface area contributed by atoms with Crippen LogP contribution in [0.1, 0.15) is 31.2 Å². The molecule has 0 aliphatic carbocycles. The number of benzene rings is 1. The number of nitrogens with zero attached hydrogens (tertiary/aromatic N) is 4. The Kier molecular flexibility index (Phi) is 5.41. The topological polar surface area (TPSA) is 61.4 Å². The molecule has 1 N–H and O–H groups in total. The molecular weight excluding hydrogens is 357 g/mol. The molecule has 2 aliphatic heterocycles. The number of rotatable bonds is 4. The Balaban J connectivity index is 1.38. The van der Waals surface area contributed by atoms with Gasteiger partial charge in [0.2, 0.25) is 5.91 Å². The van der Waals surface area contributed by atoms with E-state index >= 15 is 0 Å². The van der Waals surface area contributed by atoms with Gasteiger partial charge in [-0.3, -0.25) is 4.79 Å². The Morgan fingerprint density at radius 1 is 1.14 bits per heavy atom. The van der Waals surface area contributed by atoms with Crippen LogP contribution in [0.5, 0.6) is 0 Å². The van der Waals surface area contributed by atoms with E-state index in [1.807, 2.05) is 6.20 Å². The fourth-order valence-corrected chi connectivity index (χ4v) is 4.06. The van der Waals surface area contributed by atoms with Crippen molar-refractivity contribution < 1.29 is 9.18 Å². The number of nitrogens with one attached hydrogen (secondary N) is 1. The van der Waals surface area contributed by atoms with Gasteiger partial charge in [0, 0.05) is 37.8 Å². The molecule has 0 spiro atoms. The fraction of sp³-hybridized carbons (Fsp3) is 0.476. The van der Waals surface area contributed by atoms with Crippen LogP contribution in [0.15, 0.2) is 30.7 Å². The highest BCUT2D eigenvalue weighted by Gasteiger charge is 2.28. The molecule has 2 saturated heterocycles. The smallest absolute Gasteiger partial charge is 0.227 e. The van der Waals surface area contributed by atoms with Crippen molar-refractivity contribution >= 4 is 23.1 Å². The van der Waals surface area contributed by atoms with Crippen LogP contribution in [0.4, 0.5) is 21.6 Å². The van der Waals surface area contributed by atoms with E-state index in [1.165, 1.54) is 18.9 Å². The van der Waals surface area contributed by atoms with Crippen LogP contribution >= 0.6 is 0 Å². The van der Waals surface area contributed by atoms with Gasteiger partial charge in [-0.25, -0.2) is 14.4 Å². The Morgan fingerprint density at radius 2 is 1.89 bits per heavy atom. The molecule has 1 amide bonds. The van der Waals surface area contributed by atoms with Crippen molar-refractivity contribution in [2.75, 3.05) is 41.3 Å². The molecule has 6 nitrogen and oxygen atoms in total. The van der Waals surface area contributed by atoms with Crippen molar-refractivity contribution in [3.8, 4) is 0 Å². The van der Waals surface area contributed by atoms with E-state index in [1.54, 1.807) is 25.4 Å². The number of anilines is 3. The summed E-state index contributed by atoms with van der Waals surface area (Å²) >= 11 is 0. The number of carbonyl (C=O) groups is 1. The zero-order chi connectivity index (χ0) is 19.5. The number of aryl methyl sites for hydroxylation is 1. The average Bonchev–Trinajstić information content (AvgIpc) is 3.26. The summed E-state index contributed by atoms with van der Waals surface area (Å²) in [5.74, 6) is 0.721. The third-order valence-electron chi connectivity index (χ3n) is 5.71. The summed E-state index contributed by atoms with van der Waals surface area (Å²) in [6, 6.07) is 4.67. The Bertz CT molecular complexity index is 844. The summed E-state index contributed by atoms with van der Waals surface area (Å²) < 4.78 is 13.4. The number of hydrogen-bond acceptors (Lipinski definition) is 5. The van der Waals surface area contributed by atoms with Gasteiger partial charge in [0.1, 0.15) is 12.1 Å². The molecule has 2 fully saturated rings. The highest BCUT2D eigenvalue weighted by molar-refractivity contribution is 5.92. The predicted octanol–water partition coefficient (Wildman–Crippen LogP) is 3.38. The lowest BCUT2D eigenvalue weighted by Gasteiger charge is -2.34. The van der Waals surface area contributed by atoms with Crippen molar-refractivity contribution in [3.05, 3.63) is 42.1 Å². The highest BCUT2D eigenvalue weighted by Crippen LogP contribution is 2.32. The van der Waals surface area contributed by atoms with E-state index < -0.39 is 0 Å². The van der Waals surface area contributed by atoms with E-state index in [4.69, 9.17) is 0 Å². The Morgan fingerprint density at radius 3 is 2.61 bits per heavy atom. The van der Waals surface area contributed by atoms with Gasteiger partial charge in [0.25, 0.3) is 0 Å². The summed E-state index contributed by atoms with van der Waals surface area (Å²) in [4.78, 5) is 26.0. The van der Waals surface area contributed by atoms with E-state index in [0.717, 1.165) is 50.5 Å².